The Hall–Kier alpha value is -2.93. The van der Waals surface area contributed by atoms with Gasteiger partial charge in [-0.15, -0.1) is 12.4 Å². The molecule has 0 aromatic heterocycles. The normalized spacial score (nSPS) is 15.8. The summed E-state index contributed by atoms with van der Waals surface area (Å²) in [5, 5.41) is 2.86. The summed E-state index contributed by atoms with van der Waals surface area (Å²) >= 11 is 0. The summed E-state index contributed by atoms with van der Waals surface area (Å²) < 4.78 is 10.7. The highest BCUT2D eigenvalue weighted by Crippen LogP contribution is 2.26. The van der Waals surface area contributed by atoms with Crippen LogP contribution in [0.4, 0.5) is 11.4 Å². The summed E-state index contributed by atoms with van der Waals surface area (Å²) in [5.41, 5.74) is 6.92. The fourth-order valence-electron chi connectivity index (χ4n) is 3.18. The fourth-order valence-corrected chi connectivity index (χ4v) is 3.18. The Bertz CT molecular complexity index is 832. The number of nitrogens with zero attached hydrogens (tertiary/aromatic N) is 1. The van der Waals surface area contributed by atoms with Crippen LogP contribution in [0.2, 0.25) is 0 Å². The van der Waals surface area contributed by atoms with Gasteiger partial charge in [-0.3, -0.25) is 9.59 Å². The third-order valence-electron chi connectivity index (χ3n) is 4.77. The second-order valence-electron chi connectivity index (χ2n) is 6.72. The Balaban J connectivity index is 0.00000300. The van der Waals surface area contributed by atoms with Gasteiger partial charge >= 0.3 is 0 Å². The van der Waals surface area contributed by atoms with Crippen LogP contribution in [0.5, 0.6) is 11.5 Å². The minimum Gasteiger partial charge on any atom is -0.497 e. The van der Waals surface area contributed by atoms with Crippen molar-refractivity contribution in [1.29, 1.82) is 0 Å². The van der Waals surface area contributed by atoms with Crippen LogP contribution >= 0.6 is 12.4 Å². The lowest BCUT2D eigenvalue weighted by Crippen LogP contribution is -2.45. The predicted molar refractivity (Wildman–Crippen MR) is 115 cm³/mol. The van der Waals surface area contributed by atoms with Gasteiger partial charge in [0, 0.05) is 19.2 Å². The monoisotopic (exact) mass is 419 g/mol. The van der Waals surface area contributed by atoms with Crippen LogP contribution in [0.3, 0.4) is 0 Å². The molecule has 1 atom stereocenters. The Morgan fingerprint density at radius 2 is 1.93 bits per heavy atom. The van der Waals surface area contributed by atoms with E-state index in [1.165, 1.54) is 0 Å². The number of anilines is 2. The number of nitrogen functional groups attached to an aromatic ring is 1. The van der Waals surface area contributed by atoms with Gasteiger partial charge in [0.15, 0.2) is 6.61 Å². The van der Waals surface area contributed by atoms with Gasteiger partial charge in [-0.05, 0) is 37.1 Å². The molecule has 8 heteroatoms. The number of hydrogen-bond acceptors (Lipinski definition) is 5. The summed E-state index contributed by atoms with van der Waals surface area (Å²) in [7, 11) is 1.55. The van der Waals surface area contributed by atoms with Crippen molar-refractivity contribution in [3.05, 3.63) is 48.5 Å². The van der Waals surface area contributed by atoms with E-state index in [4.69, 9.17) is 15.2 Å². The van der Waals surface area contributed by atoms with Crippen LogP contribution in [0, 0.1) is 5.92 Å². The zero-order valence-corrected chi connectivity index (χ0v) is 17.1. The number of likely N-dealkylation sites (tertiary alicyclic amines) is 1. The van der Waals surface area contributed by atoms with Crippen molar-refractivity contribution in [3.8, 4) is 11.5 Å². The molecule has 29 heavy (non-hydrogen) atoms. The van der Waals surface area contributed by atoms with Crippen LogP contribution in [0.15, 0.2) is 48.5 Å². The molecule has 0 spiro atoms. The number of carbonyl (C=O) groups excluding carboxylic acids is 2. The summed E-state index contributed by atoms with van der Waals surface area (Å²) in [6.07, 6.45) is 1.49. The third-order valence-corrected chi connectivity index (χ3v) is 4.77. The van der Waals surface area contributed by atoms with Crippen molar-refractivity contribution in [2.24, 2.45) is 5.92 Å². The number of ether oxygens (including phenoxy) is 2. The Kier molecular flexibility index (Phi) is 8.15. The van der Waals surface area contributed by atoms with Gasteiger partial charge in [0.25, 0.3) is 5.91 Å². The first-order valence-electron chi connectivity index (χ1n) is 9.27. The van der Waals surface area contributed by atoms with E-state index in [9.17, 15) is 9.59 Å². The van der Waals surface area contributed by atoms with Gasteiger partial charge in [-0.25, -0.2) is 0 Å². The fraction of sp³-hybridized carbons (Fsp3) is 0.333. The second-order valence-corrected chi connectivity index (χ2v) is 6.72. The first-order valence-corrected chi connectivity index (χ1v) is 9.27. The lowest BCUT2D eigenvalue weighted by atomic mass is 9.97. The average molecular weight is 420 g/mol. The minimum atomic E-state index is -0.292. The van der Waals surface area contributed by atoms with E-state index >= 15 is 0 Å². The van der Waals surface area contributed by atoms with E-state index in [0.29, 0.717) is 36.0 Å². The molecule has 0 bridgehead atoms. The molecule has 1 fully saturated rings. The standard InChI is InChI=1S/C21H25N3O4.ClH/c1-27-17-9-10-18(22)19(12-17)23-21(26)15-6-5-11-24(13-15)20(25)14-28-16-7-3-2-4-8-16;/h2-4,7-10,12,15H,5-6,11,13-14,22H2,1H3,(H,23,26);1H. The van der Waals surface area contributed by atoms with Gasteiger partial charge in [0.2, 0.25) is 5.91 Å². The molecule has 1 unspecified atom stereocenters. The summed E-state index contributed by atoms with van der Waals surface area (Å²) in [4.78, 5) is 26.8. The lowest BCUT2D eigenvalue weighted by molar-refractivity contribution is -0.136. The summed E-state index contributed by atoms with van der Waals surface area (Å²) in [6.45, 7) is 0.954. The van der Waals surface area contributed by atoms with Crippen molar-refractivity contribution in [3.63, 3.8) is 0 Å². The topological polar surface area (TPSA) is 93.9 Å². The third kappa shape index (κ3) is 6.02. The molecule has 0 radical (unpaired) electrons. The highest BCUT2D eigenvalue weighted by Gasteiger charge is 2.29. The van der Waals surface area contributed by atoms with Gasteiger partial charge in [0.05, 0.1) is 24.4 Å². The molecule has 156 valence electrons. The van der Waals surface area contributed by atoms with Crippen LogP contribution < -0.4 is 20.5 Å². The molecule has 3 rings (SSSR count). The molecule has 2 aromatic carbocycles. The first kappa shape index (κ1) is 22.4. The number of benzene rings is 2. The number of methoxy groups -OCH3 is 1. The van der Waals surface area contributed by atoms with Gasteiger partial charge < -0.3 is 25.4 Å². The van der Waals surface area contributed by atoms with E-state index in [-0.39, 0.29) is 36.7 Å². The lowest BCUT2D eigenvalue weighted by Gasteiger charge is -2.32. The highest BCUT2D eigenvalue weighted by molar-refractivity contribution is 5.96. The molecule has 2 amide bonds. The number of nitrogens with two attached hydrogens (primary N) is 1. The van der Waals surface area contributed by atoms with Gasteiger partial charge in [0.1, 0.15) is 11.5 Å². The van der Waals surface area contributed by atoms with Crippen molar-refractivity contribution >= 4 is 35.6 Å². The number of hydrogen-bond donors (Lipinski definition) is 2. The van der Waals surface area contributed by atoms with E-state index in [1.807, 2.05) is 18.2 Å². The molecular weight excluding hydrogens is 394 g/mol. The van der Waals surface area contributed by atoms with Crippen LogP contribution in [-0.4, -0.2) is 43.5 Å². The molecule has 0 aliphatic carbocycles. The smallest absolute Gasteiger partial charge is 0.260 e. The maximum absolute atomic E-state index is 12.7. The molecule has 1 saturated heterocycles. The van der Waals surface area contributed by atoms with Crippen LogP contribution in [0.1, 0.15) is 12.8 Å². The summed E-state index contributed by atoms with van der Waals surface area (Å²) in [6, 6.07) is 14.3. The zero-order valence-electron chi connectivity index (χ0n) is 16.3. The van der Waals surface area contributed by atoms with E-state index in [1.54, 1.807) is 42.3 Å². The largest absolute Gasteiger partial charge is 0.497 e. The Morgan fingerprint density at radius 1 is 1.17 bits per heavy atom. The zero-order chi connectivity index (χ0) is 19.9. The van der Waals surface area contributed by atoms with Gasteiger partial charge in [-0.2, -0.15) is 0 Å². The average Bonchev–Trinajstić information content (AvgIpc) is 2.74. The molecule has 2 aromatic rings. The SMILES string of the molecule is COc1ccc(N)c(NC(=O)C2CCCN(C(=O)COc3ccccc3)C2)c1.Cl. The molecule has 1 aliphatic heterocycles. The Morgan fingerprint density at radius 3 is 2.66 bits per heavy atom. The molecule has 3 N–H and O–H groups in total. The second kappa shape index (κ2) is 10.6. The van der Waals surface area contributed by atoms with Crippen molar-refractivity contribution in [1.82, 2.24) is 4.90 Å². The number of rotatable bonds is 6. The number of halogens is 1. The quantitative estimate of drug-likeness (QED) is 0.702. The van der Waals surface area contributed by atoms with E-state index in [2.05, 4.69) is 5.32 Å². The van der Waals surface area contributed by atoms with E-state index < -0.39 is 0 Å². The molecular formula is C21H26ClN3O4. The van der Waals surface area contributed by atoms with E-state index in [0.717, 1.165) is 12.8 Å². The highest BCUT2D eigenvalue weighted by atomic mass is 35.5. The van der Waals surface area contributed by atoms with Gasteiger partial charge in [-0.1, -0.05) is 18.2 Å². The summed E-state index contributed by atoms with van der Waals surface area (Å²) in [5.74, 6) is 0.697. The van der Waals surface area contributed by atoms with Crippen molar-refractivity contribution < 1.29 is 19.1 Å². The molecule has 1 heterocycles. The number of piperidine rings is 1. The number of carbonyl (C=O) groups is 2. The minimum absolute atomic E-state index is 0. The van der Waals surface area contributed by atoms with Crippen molar-refractivity contribution in [2.45, 2.75) is 12.8 Å². The van der Waals surface area contributed by atoms with Crippen molar-refractivity contribution in [2.75, 3.05) is 37.9 Å². The number of para-hydroxylation sites is 1. The maximum atomic E-state index is 12.7. The predicted octanol–water partition coefficient (Wildman–Crippen LogP) is 2.96. The Labute approximate surface area is 176 Å². The molecule has 1 aliphatic rings. The molecule has 0 saturated carbocycles. The number of amides is 2. The number of nitrogens with one attached hydrogen (secondary N) is 1. The van der Waals surface area contributed by atoms with Crippen LogP contribution in [-0.2, 0) is 9.59 Å². The maximum Gasteiger partial charge on any atom is 0.260 e. The van der Waals surface area contributed by atoms with Crippen LogP contribution in [0.25, 0.3) is 0 Å². The first-order chi connectivity index (χ1) is 13.6. The molecule has 7 nitrogen and oxygen atoms in total.